The number of anilines is 1. The minimum atomic E-state index is 0.391. The first-order valence-electron chi connectivity index (χ1n) is 7.47. The van der Waals surface area contributed by atoms with Gasteiger partial charge in [-0.15, -0.1) is 0 Å². The van der Waals surface area contributed by atoms with E-state index in [-0.39, 0.29) is 0 Å². The number of nitrogen functional groups attached to an aromatic ring is 1. The molecular weight excluding hydrogens is 260 g/mol. The van der Waals surface area contributed by atoms with Gasteiger partial charge in [0.15, 0.2) is 0 Å². The summed E-state index contributed by atoms with van der Waals surface area (Å²) in [5.74, 6) is 0.770. The normalized spacial score (nSPS) is 12.1. The van der Waals surface area contributed by atoms with Gasteiger partial charge in [0, 0.05) is 12.6 Å². The van der Waals surface area contributed by atoms with Crippen molar-refractivity contribution in [3.8, 4) is 5.75 Å². The molecule has 1 unspecified atom stereocenters. The Balaban J connectivity index is 1.87. The van der Waals surface area contributed by atoms with Gasteiger partial charge in [0.25, 0.3) is 0 Å². The summed E-state index contributed by atoms with van der Waals surface area (Å²) in [5, 5.41) is 3.53. The van der Waals surface area contributed by atoms with Gasteiger partial charge >= 0.3 is 0 Å². The van der Waals surface area contributed by atoms with Crippen molar-refractivity contribution in [2.75, 3.05) is 12.3 Å². The van der Waals surface area contributed by atoms with Crippen LogP contribution in [-0.2, 0) is 13.0 Å². The van der Waals surface area contributed by atoms with Crippen LogP contribution in [0.2, 0.25) is 0 Å². The summed E-state index contributed by atoms with van der Waals surface area (Å²) in [6.45, 7) is 5.67. The van der Waals surface area contributed by atoms with Crippen molar-refractivity contribution < 1.29 is 4.74 Å². The highest BCUT2D eigenvalue weighted by atomic mass is 16.5. The first kappa shape index (κ1) is 15.4. The summed E-state index contributed by atoms with van der Waals surface area (Å²) in [7, 11) is 0. The standard InChI is InChI=1S/C18H24N2O/c1-3-21-18-10-9-16(12-17(18)19)11-14(2)20-13-15-7-5-4-6-8-15/h4-10,12,14,20H,3,11,13,19H2,1-2H3. The van der Waals surface area contributed by atoms with Gasteiger partial charge in [0.2, 0.25) is 0 Å². The molecule has 112 valence electrons. The largest absolute Gasteiger partial charge is 0.492 e. The van der Waals surface area contributed by atoms with Crippen molar-refractivity contribution in [1.29, 1.82) is 0 Å². The first-order valence-corrected chi connectivity index (χ1v) is 7.47. The lowest BCUT2D eigenvalue weighted by atomic mass is 10.1. The van der Waals surface area contributed by atoms with Crippen LogP contribution < -0.4 is 15.8 Å². The minimum absolute atomic E-state index is 0.391. The third-order valence-electron chi connectivity index (χ3n) is 3.41. The number of benzene rings is 2. The quantitative estimate of drug-likeness (QED) is 0.766. The van der Waals surface area contributed by atoms with E-state index in [0.29, 0.717) is 18.3 Å². The summed E-state index contributed by atoms with van der Waals surface area (Å²) >= 11 is 0. The zero-order valence-corrected chi connectivity index (χ0v) is 12.8. The average molecular weight is 284 g/mol. The van der Waals surface area contributed by atoms with Gasteiger partial charge in [-0.05, 0) is 43.5 Å². The van der Waals surface area contributed by atoms with E-state index in [4.69, 9.17) is 10.5 Å². The lowest BCUT2D eigenvalue weighted by Crippen LogP contribution is -2.27. The topological polar surface area (TPSA) is 47.3 Å². The molecule has 0 saturated heterocycles. The summed E-state index contributed by atoms with van der Waals surface area (Å²) in [4.78, 5) is 0. The third-order valence-corrected chi connectivity index (χ3v) is 3.41. The van der Waals surface area contributed by atoms with Gasteiger partial charge in [-0.1, -0.05) is 36.4 Å². The van der Waals surface area contributed by atoms with Crippen LogP contribution in [0, 0.1) is 0 Å². The molecule has 0 fully saturated rings. The lowest BCUT2D eigenvalue weighted by molar-refractivity contribution is 0.342. The van der Waals surface area contributed by atoms with E-state index in [1.54, 1.807) is 0 Å². The van der Waals surface area contributed by atoms with Crippen molar-refractivity contribution in [2.24, 2.45) is 0 Å². The Labute approximate surface area is 127 Å². The van der Waals surface area contributed by atoms with Crippen LogP contribution in [0.15, 0.2) is 48.5 Å². The lowest BCUT2D eigenvalue weighted by Gasteiger charge is -2.15. The van der Waals surface area contributed by atoms with Gasteiger partial charge in [-0.2, -0.15) is 0 Å². The molecule has 0 amide bonds. The van der Waals surface area contributed by atoms with Crippen LogP contribution in [0.3, 0.4) is 0 Å². The minimum Gasteiger partial charge on any atom is -0.492 e. The molecule has 0 heterocycles. The molecule has 0 aliphatic heterocycles. The molecule has 21 heavy (non-hydrogen) atoms. The molecule has 3 nitrogen and oxygen atoms in total. The van der Waals surface area contributed by atoms with Crippen molar-refractivity contribution in [2.45, 2.75) is 32.9 Å². The maximum Gasteiger partial charge on any atom is 0.142 e. The second-order valence-electron chi connectivity index (χ2n) is 5.28. The fraction of sp³-hybridized carbons (Fsp3) is 0.333. The molecule has 0 aliphatic rings. The van der Waals surface area contributed by atoms with Crippen molar-refractivity contribution in [3.05, 3.63) is 59.7 Å². The van der Waals surface area contributed by atoms with E-state index in [1.165, 1.54) is 11.1 Å². The summed E-state index contributed by atoms with van der Waals surface area (Å²) < 4.78 is 5.46. The zero-order chi connectivity index (χ0) is 15.1. The van der Waals surface area contributed by atoms with E-state index in [0.717, 1.165) is 18.7 Å². The number of ether oxygens (including phenoxy) is 1. The predicted molar refractivity (Wildman–Crippen MR) is 88.5 cm³/mol. The molecule has 3 heteroatoms. The fourth-order valence-electron chi connectivity index (χ4n) is 2.33. The maximum atomic E-state index is 6.00. The van der Waals surface area contributed by atoms with Gasteiger partial charge in [-0.25, -0.2) is 0 Å². The van der Waals surface area contributed by atoms with Gasteiger partial charge < -0.3 is 15.8 Å². The third kappa shape index (κ3) is 4.80. The van der Waals surface area contributed by atoms with E-state index in [2.05, 4.69) is 42.6 Å². The van der Waals surface area contributed by atoms with E-state index in [9.17, 15) is 0 Å². The van der Waals surface area contributed by atoms with Crippen molar-refractivity contribution >= 4 is 5.69 Å². The van der Waals surface area contributed by atoms with Crippen LogP contribution in [0.1, 0.15) is 25.0 Å². The number of nitrogens with one attached hydrogen (secondary N) is 1. The molecular formula is C18H24N2O. The Morgan fingerprint density at radius 1 is 1.10 bits per heavy atom. The van der Waals surface area contributed by atoms with E-state index in [1.807, 2.05) is 25.1 Å². The number of rotatable bonds is 7. The molecule has 0 spiro atoms. The van der Waals surface area contributed by atoms with Gasteiger partial charge in [0.1, 0.15) is 5.75 Å². The summed E-state index contributed by atoms with van der Waals surface area (Å²) in [5.41, 5.74) is 9.24. The van der Waals surface area contributed by atoms with Crippen LogP contribution in [0.5, 0.6) is 5.75 Å². The highest BCUT2D eigenvalue weighted by Gasteiger charge is 2.06. The summed E-state index contributed by atoms with van der Waals surface area (Å²) in [6, 6.07) is 16.9. The Morgan fingerprint density at radius 3 is 2.52 bits per heavy atom. The molecule has 3 N–H and O–H groups in total. The highest BCUT2D eigenvalue weighted by Crippen LogP contribution is 2.23. The molecule has 2 aromatic carbocycles. The molecule has 2 rings (SSSR count). The first-order chi connectivity index (χ1) is 10.2. The number of hydrogen-bond acceptors (Lipinski definition) is 3. The SMILES string of the molecule is CCOc1ccc(CC(C)NCc2ccccc2)cc1N. The van der Waals surface area contributed by atoms with Gasteiger partial charge in [-0.3, -0.25) is 0 Å². The van der Waals surface area contributed by atoms with E-state index < -0.39 is 0 Å². The molecule has 0 radical (unpaired) electrons. The average Bonchev–Trinajstić information content (AvgIpc) is 2.49. The molecule has 0 bridgehead atoms. The Hall–Kier alpha value is -2.00. The van der Waals surface area contributed by atoms with Gasteiger partial charge in [0.05, 0.1) is 12.3 Å². The van der Waals surface area contributed by atoms with Crippen LogP contribution in [0.25, 0.3) is 0 Å². The highest BCUT2D eigenvalue weighted by molar-refractivity contribution is 5.54. The Kier molecular flexibility index (Phi) is 5.64. The number of hydrogen-bond donors (Lipinski definition) is 2. The maximum absolute atomic E-state index is 6.00. The monoisotopic (exact) mass is 284 g/mol. The molecule has 0 saturated carbocycles. The second kappa shape index (κ2) is 7.70. The van der Waals surface area contributed by atoms with Crippen molar-refractivity contribution in [3.63, 3.8) is 0 Å². The smallest absolute Gasteiger partial charge is 0.142 e. The van der Waals surface area contributed by atoms with Crippen LogP contribution >= 0.6 is 0 Å². The predicted octanol–water partition coefficient (Wildman–Crippen LogP) is 3.39. The molecule has 2 aromatic rings. The van der Waals surface area contributed by atoms with E-state index >= 15 is 0 Å². The van der Waals surface area contributed by atoms with Crippen LogP contribution in [-0.4, -0.2) is 12.6 Å². The van der Waals surface area contributed by atoms with Crippen molar-refractivity contribution in [1.82, 2.24) is 5.32 Å². The Morgan fingerprint density at radius 2 is 1.86 bits per heavy atom. The zero-order valence-electron chi connectivity index (χ0n) is 12.8. The molecule has 0 aromatic heterocycles. The molecule has 1 atom stereocenters. The number of nitrogens with two attached hydrogens (primary N) is 1. The molecule has 0 aliphatic carbocycles. The summed E-state index contributed by atoms with van der Waals surface area (Å²) in [6.07, 6.45) is 0.948. The van der Waals surface area contributed by atoms with Crippen LogP contribution in [0.4, 0.5) is 5.69 Å². The fourth-order valence-corrected chi connectivity index (χ4v) is 2.33. The Bertz CT molecular complexity index is 554. The second-order valence-corrected chi connectivity index (χ2v) is 5.28.